The molecular weight excluding hydrogens is 271 g/mol. The second kappa shape index (κ2) is 5.68. The van der Waals surface area contributed by atoms with Crippen LogP contribution in [0.5, 0.6) is 0 Å². The van der Waals surface area contributed by atoms with Crippen molar-refractivity contribution in [1.29, 1.82) is 5.26 Å². The Morgan fingerprint density at radius 2 is 2.47 bits per heavy atom. The van der Waals surface area contributed by atoms with Gasteiger partial charge in [0.1, 0.15) is 0 Å². The zero-order chi connectivity index (χ0) is 13.9. The van der Waals surface area contributed by atoms with E-state index in [-0.39, 0.29) is 23.6 Å². The highest BCUT2D eigenvalue weighted by Crippen LogP contribution is 2.32. The van der Waals surface area contributed by atoms with Crippen molar-refractivity contribution in [3.63, 3.8) is 0 Å². The summed E-state index contributed by atoms with van der Waals surface area (Å²) in [6.45, 7) is 0. The summed E-state index contributed by atoms with van der Waals surface area (Å²) in [4.78, 5) is 7.32. The lowest BCUT2D eigenvalue weighted by Gasteiger charge is -2.35. The number of hydrogen-bond donors (Lipinski definition) is 2. The maximum absolute atomic E-state index is 13.5. The number of anilines is 1. The highest BCUT2D eigenvalue weighted by atomic mass is 35.5. The fraction of sp³-hybridized carbons (Fsp3) is 0.583. The Morgan fingerprint density at radius 1 is 1.68 bits per heavy atom. The van der Waals surface area contributed by atoms with Crippen LogP contribution in [0.3, 0.4) is 0 Å². The first-order valence-corrected chi connectivity index (χ1v) is 6.44. The molecule has 1 heterocycles. The second-order valence-electron chi connectivity index (χ2n) is 4.83. The smallest absolute Gasteiger partial charge is 0.224 e. The van der Waals surface area contributed by atoms with Gasteiger partial charge in [0.05, 0.1) is 24.3 Å². The molecule has 1 aromatic rings. The fourth-order valence-electron chi connectivity index (χ4n) is 2.41. The number of rotatable bonds is 3. The molecule has 0 amide bonds. The monoisotopic (exact) mass is 284 g/mol. The summed E-state index contributed by atoms with van der Waals surface area (Å²) in [6, 6.07) is 1.85. The van der Waals surface area contributed by atoms with Crippen molar-refractivity contribution in [2.24, 2.45) is 0 Å². The number of nitriles is 1. The van der Waals surface area contributed by atoms with E-state index in [4.69, 9.17) is 16.9 Å². The number of nitrogens with zero attached hydrogens (tertiary/aromatic N) is 3. The summed E-state index contributed by atoms with van der Waals surface area (Å²) < 4.78 is 13.5. The second-order valence-corrected chi connectivity index (χ2v) is 5.17. The summed E-state index contributed by atoms with van der Waals surface area (Å²) in [5, 5.41) is 21.8. The molecule has 1 unspecified atom stereocenters. The molecule has 1 fully saturated rings. The van der Waals surface area contributed by atoms with Crippen molar-refractivity contribution in [2.45, 2.75) is 43.7 Å². The molecule has 1 saturated carbocycles. The van der Waals surface area contributed by atoms with Gasteiger partial charge in [-0.15, -0.1) is 0 Å². The van der Waals surface area contributed by atoms with Gasteiger partial charge in [-0.2, -0.15) is 10.2 Å². The van der Waals surface area contributed by atoms with Crippen LogP contribution < -0.4 is 5.32 Å². The van der Waals surface area contributed by atoms with Crippen LogP contribution in [0.25, 0.3) is 0 Å². The van der Waals surface area contributed by atoms with Gasteiger partial charge in [0.15, 0.2) is 11.6 Å². The van der Waals surface area contributed by atoms with Crippen molar-refractivity contribution >= 4 is 17.4 Å². The molecule has 1 aliphatic carbocycles. The largest absolute Gasteiger partial charge is 0.389 e. The van der Waals surface area contributed by atoms with Gasteiger partial charge in [-0.3, -0.25) is 0 Å². The summed E-state index contributed by atoms with van der Waals surface area (Å²) in [5.41, 5.74) is -1.00. The quantitative estimate of drug-likeness (QED) is 0.832. The van der Waals surface area contributed by atoms with Gasteiger partial charge in [0.25, 0.3) is 0 Å². The van der Waals surface area contributed by atoms with Crippen LogP contribution in [0.4, 0.5) is 10.2 Å². The molecule has 2 N–H and O–H groups in total. The average Bonchev–Trinajstić information content (AvgIpc) is 2.34. The maximum atomic E-state index is 13.5. The van der Waals surface area contributed by atoms with Crippen molar-refractivity contribution in [3.05, 3.63) is 17.3 Å². The van der Waals surface area contributed by atoms with E-state index in [0.717, 1.165) is 19.0 Å². The summed E-state index contributed by atoms with van der Waals surface area (Å²) in [5.74, 6) is -0.551. The molecule has 1 aromatic heterocycles. The molecule has 0 radical (unpaired) electrons. The van der Waals surface area contributed by atoms with Gasteiger partial charge >= 0.3 is 0 Å². The van der Waals surface area contributed by atoms with E-state index in [2.05, 4.69) is 15.3 Å². The number of nitrogens with one attached hydrogen (secondary N) is 1. The molecule has 102 valence electrons. The zero-order valence-corrected chi connectivity index (χ0v) is 11.0. The third kappa shape index (κ3) is 3.52. The van der Waals surface area contributed by atoms with Crippen LogP contribution in [0.1, 0.15) is 32.1 Å². The number of aliphatic hydroxyl groups is 1. The molecule has 0 aliphatic heterocycles. The first-order chi connectivity index (χ1) is 9.02. The minimum atomic E-state index is -1.00. The van der Waals surface area contributed by atoms with Crippen LogP contribution in [0, 0.1) is 17.1 Å². The number of aromatic nitrogens is 2. The lowest BCUT2D eigenvalue weighted by atomic mass is 9.80. The van der Waals surface area contributed by atoms with Crippen LogP contribution in [0.15, 0.2) is 6.20 Å². The minimum absolute atomic E-state index is 0.0335. The topological polar surface area (TPSA) is 81.8 Å². The Kier molecular flexibility index (Phi) is 4.17. The number of halogens is 2. The van der Waals surface area contributed by atoms with Gasteiger partial charge in [-0.25, -0.2) is 9.37 Å². The van der Waals surface area contributed by atoms with Crippen LogP contribution >= 0.6 is 11.6 Å². The molecule has 0 bridgehead atoms. The Bertz CT molecular complexity index is 507. The van der Waals surface area contributed by atoms with Crippen molar-refractivity contribution in [1.82, 2.24) is 9.97 Å². The molecule has 0 aromatic carbocycles. The van der Waals surface area contributed by atoms with E-state index >= 15 is 0 Å². The molecular formula is C12H14ClFN4O. The van der Waals surface area contributed by atoms with Gasteiger partial charge in [0.2, 0.25) is 5.28 Å². The standard InChI is InChI=1S/C12H14ClFN4O/c13-11-16-7-9(14)10(18-11)17-8-2-1-3-12(19,6-8)4-5-15/h7-8,19H,1-4,6H2,(H,16,17,18)/t8?,12-/m1/s1. The van der Waals surface area contributed by atoms with E-state index in [1.807, 2.05) is 6.07 Å². The first-order valence-electron chi connectivity index (χ1n) is 6.06. The Balaban J connectivity index is 2.07. The van der Waals surface area contributed by atoms with E-state index in [1.54, 1.807) is 0 Å². The fourth-order valence-corrected chi connectivity index (χ4v) is 2.54. The van der Waals surface area contributed by atoms with Crippen molar-refractivity contribution < 1.29 is 9.50 Å². The minimum Gasteiger partial charge on any atom is -0.389 e. The normalized spacial score (nSPS) is 26.7. The molecule has 2 rings (SSSR count). The van der Waals surface area contributed by atoms with Crippen LogP contribution in [0.2, 0.25) is 5.28 Å². The summed E-state index contributed by atoms with van der Waals surface area (Å²) in [7, 11) is 0. The van der Waals surface area contributed by atoms with Gasteiger partial charge < -0.3 is 10.4 Å². The molecule has 1 aliphatic rings. The lowest BCUT2D eigenvalue weighted by Crippen LogP contribution is -2.40. The zero-order valence-electron chi connectivity index (χ0n) is 10.2. The van der Waals surface area contributed by atoms with Crippen molar-refractivity contribution in [2.75, 3.05) is 5.32 Å². The molecule has 0 spiro atoms. The van der Waals surface area contributed by atoms with E-state index in [9.17, 15) is 9.50 Å². The predicted octanol–water partition coefficient (Wildman–Crippen LogP) is 2.27. The lowest BCUT2D eigenvalue weighted by molar-refractivity contribution is 0.00444. The number of hydrogen-bond acceptors (Lipinski definition) is 5. The predicted molar refractivity (Wildman–Crippen MR) is 68.1 cm³/mol. The van der Waals surface area contributed by atoms with Crippen molar-refractivity contribution in [3.8, 4) is 6.07 Å². The van der Waals surface area contributed by atoms with Crippen LogP contribution in [-0.2, 0) is 0 Å². The van der Waals surface area contributed by atoms with E-state index < -0.39 is 11.4 Å². The van der Waals surface area contributed by atoms with Gasteiger partial charge in [-0.05, 0) is 37.3 Å². The highest BCUT2D eigenvalue weighted by Gasteiger charge is 2.34. The Hall–Kier alpha value is -1.45. The molecule has 2 atom stereocenters. The Labute approximate surface area is 115 Å². The Morgan fingerprint density at radius 3 is 3.21 bits per heavy atom. The highest BCUT2D eigenvalue weighted by molar-refractivity contribution is 6.28. The summed E-state index contributed by atoms with van der Waals surface area (Å²) >= 11 is 5.62. The summed E-state index contributed by atoms with van der Waals surface area (Å²) in [6.07, 6.45) is 3.62. The average molecular weight is 285 g/mol. The third-order valence-corrected chi connectivity index (χ3v) is 3.47. The van der Waals surface area contributed by atoms with Gasteiger partial charge in [-0.1, -0.05) is 0 Å². The van der Waals surface area contributed by atoms with Crippen LogP contribution in [-0.4, -0.2) is 26.7 Å². The molecule has 0 saturated heterocycles. The molecule has 19 heavy (non-hydrogen) atoms. The first kappa shape index (κ1) is 14.0. The molecule has 5 nitrogen and oxygen atoms in total. The SMILES string of the molecule is N#CC[C@]1(O)CCCC(Nc2nc(Cl)ncc2F)C1. The molecule has 7 heteroatoms. The third-order valence-electron chi connectivity index (χ3n) is 3.28. The maximum Gasteiger partial charge on any atom is 0.224 e. The van der Waals surface area contributed by atoms with E-state index in [1.165, 1.54) is 0 Å². The van der Waals surface area contributed by atoms with E-state index in [0.29, 0.717) is 12.8 Å². The van der Waals surface area contributed by atoms with Gasteiger partial charge in [0, 0.05) is 6.04 Å².